The van der Waals surface area contributed by atoms with Crippen LogP contribution in [0.3, 0.4) is 0 Å². The van der Waals surface area contributed by atoms with Gasteiger partial charge in [-0.05, 0) is 31.4 Å². The summed E-state index contributed by atoms with van der Waals surface area (Å²) >= 11 is 0. The lowest BCUT2D eigenvalue weighted by Gasteiger charge is -2.15. The first-order chi connectivity index (χ1) is 10.4. The summed E-state index contributed by atoms with van der Waals surface area (Å²) in [5, 5.41) is 2.65. The molecule has 22 heavy (non-hydrogen) atoms. The van der Waals surface area contributed by atoms with E-state index in [9.17, 15) is 13.2 Å². The Morgan fingerprint density at radius 1 is 1.18 bits per heavy atom. The van der Waals surface area contributed by atoms with Crippen LogP contribution in [0.2, 0.25) is 0 Å². The Labute approximate surface area is 133 Å². The Morgan fingerprint density at radius 3 is 2.36 bits per heavy atom. The van der Waals surface area contributed by atoms with Crippen LogP contribution in [0, 0.1) is 12.8 Å². The number of rotatable bonds is 8. The largest absolute Gasteiger partial charge is 0.337 e. The van der Waals surface area contributed by atoms with Crippen LogP contribution in [0.15, 0.2) is 29.2 Å². The number of amides is 2. The van der Waals surface area contributed by atoms with Gasteiger partial charge in [-0.1, -0.05) is 50.8 Å². The minimum Gasteiger partial charge on any atom is -0.337 e. The molecule has 0 aliphatic carbocycles. The third-order valence-electron chi connectivity index (χ3n) is 3.65. The van der Waals surface area contributed by atoms with Crippen molar-refractivity contribution >= 4 is 16.1 Å². The molecule has 0 heterocycles. The fourth-order valence-electron chi connectivity index (χ4n) is 2.11. The lowest BCUT2D eigenvalue weighted by atomic mass is 9.99. The maximum atomic E-state index is 12.1. The third-order valence-corrected chi connectivity index (χ3v) is 5.00. The van der Waals surface area contributed by atoms with E-state index in [2.05, 4.69) is 19.2 Å². The van der Waals surface area contributed by atoms with Gasteiger partial charge in [0.2, 0.25) is 0 Å². The van der Waals surface area contributed by atoms with Crippen LogP contribution in [0.4, 0.5) is 4.79 Å². The molecule has 1 aromatic rings. The third kappa shape index (κ3) is 6.05. The second-order valence-corrected chi connectivity index (χ2v) is 7.23. The number of hydrogen-bond acceptors (Lipinski definition) is 3. The minimum absolute atomic E-state index is 0.0891. The number of sulfonamides is 1. The molecule has 1 aromatic carbocycles. The molecular formula is C16H26N2O3S. The number of carbonyl (C=O) groups excluding carboxylic acids is 1. The van der Waals surface area contributed by atoms with E-state index in [-0.39, 0.29) is 4.90 Å². The maximum Gasteiger partial charge on any atom is 0.328 e. The molecule has 0 spiro atoms. The molecule has 5 nitrogen and oxygen atoms in total. The van der Waals surface area contributed by atoms with Crippen LogP contribution >= 0.6 is 0 Å². The number of nitrogens with one attached hydrogen (secondary N) is 2. The van der Waals surface area contributed by atoms with Crippen molar-refractivity contribution in [2.75, 3.05) is 6.54 Å². The van der Waals surface area contributed by atoms with Crippen molar-refractivity contribution < 1.29 is 13.2 Å². The fraction of sp³-hybridized carbons (Fsp3) is 0.562. The number of aryl methyl sites for hydroxylation is 1. The number of hydrogen-bond donors (Lipinski definition) is 2. The van der Waals surface area contributed by atoms with Gasteiger partial charge in [-0.25, -0.2) is 17.9 Å². The fourth-order valence-corrected chi connectivity index (χ4v) is 3.04. The molecule has 2 amide bonds. The molecule has 1 unspecified atom stereocenters. The molecule has 124 valence electrons. The number of unbranched alkanes of at least 4 members (excludes halogenated alkanes) is 1. The molecule has 6 heteroatoms. The van der Waals surface area contributed by atoms with Crippen molar-refractivity contribution in [3.63, 3.8) is 0 Å². The second-order valence-electron chi connectivity index (χ2n) is 5.55. The molecule has 0 fully saturated rings. The Balaban J connectivity index is 2.54. The van der Waals surface area contributed by atoms with Gasteiger partial charge in [0.15, 0.2) is 0 Å². The smallest absolute Gasteiger partial charge is 0.328 e. The van der Waals surface area contributed by atoms with Crippen LogP contribution in [-0.4, -0.2) is 21.0 Å². The van der Waals surface area contributed by atoms with E-state index in [1.165, 1.54) is 12.1 Å². The summed E-state index contributed by atoms with van der Waals surface area (Å²) in [5.74, 6) is 0.382. The lowest BCUT2D eigenvalue weighted by Crippen LogP contribution is -2.41. The molecule has 0 saturated heterocycles. The zero-order chi connectivity index (χ0) is 16.6. The Morgan fingerprint density at radius 2 is 1.82 bits per heavy atom. The van der Waals surface area contributed by atoms with Gasteiger partial charge >= 0.3 is 6.03 Å². The summed E-state index contributed by atoms with van der Waals surface area (Å²) < 4.78 is 26.2. The lowest BCUT2D eigenvalue weighted by molar-refractivity contribution is 0.243. The van der Waals surface area contributed by atoms with Gasteiger partial charge < -0.3 is 5.32 Å². The Bertz CT molecular complexity index is 568. The van der Waals surface area contributed by atoms with Crippen molar-refractivity contribution in [1.29, 1.82) is 0 Å². The van der Waals surface area contributed by atoms with E-state index in [4.69, 9.17) is 0 Å². The number of benzene rings is 1. The normalized spacial score (nSPS) is 12.7. The monoisotopic (exact) mass is 326 g/mol. The van der Waals surface area contributed by atoms with E-state index in [1.54, 1.807) is 12.1 Å². The quantitative estimate of drug-likeness (QED) is 0.770. The Hall–Kier alpha value is -1.56. The standard InChI is InChI=1S/C16H26N2O3S/c1-4-6-7-14(5-2)12-17-16(19)18-22(20,21)15-10-8-13(3)9-11-15/h8-11,14H,4-7,12H2,1-3H3,(H2,17,18,19). The summed E-state index contributed by atoms with van der Waals surface area (Å²) in [6, 6.07) is 5.70. The Kier molecular flexibility index (Phi) is 7.38. The highest BCUT2D eigenvalue weighted by Gasteiger charge is 2.17. The zero-order valence-electron chi connectivity index (χ0n) is 13.6. The topological polar surface area (TPSA) is 75.3 Å². The van der Waals surface area contributed by atoms with Crippen LogP contribution in [0.5, 0.6) is 0 Å². The van der Waals surface area contributed by atoms with Gasteiger partial charge in [-0.3, -0.25) is 0 Å². The van der Waals surface area contributed by atoms with Gasteiger partial charge in [0.25, 0.3) is 10.0 Å². The summed E-state index contributed by atoms with van der Waals surface area (Å²) in [6.07, 6.45) is 4.23. The SMILES string of the molecule is CCCCC(CC)CNC(=O)NS(=O)(=O)c1ccc(C)cc1. The van der Waals surface area contributed by atoms with E-state index in [0.717, 1.165) is 31.2 Å². The maximum absolute atomic E-state index is 12.1. The van der Waals surface area contributed by atoms with Crippen LogP contribution in [-0.2, 0) is 10.0 Å². The predicted octanol–water partition coefficient (Wildman–Crippen LogP) is 3.20. The first-order valence-corrected chi connectivity index (χ1v) is 9.24. The predicted molar refractivity (Wildman–Crippen MR) is 88.2 cm³/mol. The highest BCUT2D eigenvalue weighted by molar-refractivity contribution is 7.90. The zero-order valence-corrected chi connectivity index (χ0v) is 14.4. The molecule has 0 saturated carbocycles. The highest BCUT2D eigenvalue weighted by atomic mass is 32.2. The van der Waals surface area contributed by atoms with Crippen molar-refractivity contribution in [3.8, 4) is 0 Å². The van der Waals surface area contributed by atoms with E-state index in [1.807, 2.05) is 11.6 Å². The molecule has 0 aromatic heterocycles. The molecular weight excluding hydrogens is 300 g/mol. The van der Waals surface area contributed by atoms with Crippen LogP contribution in [0.25, 0.3) is 0 Å². The van der Waals surface area contributed by atoms with Gasteiger partial charge in [-0.15, -0.1) is 0 Å². The van der Waals surface area contributed by atoms with E-state index >= 15 is 0 Å². The summed E-state index contributed by atoms with van der Waals surface area (Å²) in [6.45, 7) is 6.56. The first kappa shape index (κ1) is 18.5. The molecule has 1 rings (SSSR count). The van der Waals surface area contributed by atoms with Gasteiger partial charge in [-0.2, -0.15) is 0 Å². The van der Waals surface area contributed by atoms with Crippen molar-refractivity contribution in [2.45, 2.75) is 51.3 Å². The average Bonchev–Trinajstić information content (AvgIpc) is 2.47. The van der Waals surface area contributed by atoms with Gasteiger partial charge in [0.05, 0.1) is 4.90 Å². The number of carbonyl (C=O) groups is 1. The van der Waals surface area contributed by atoms with Crippen molar-refractivity contribution in [3.05, 3.63) is 29.8 Å². The average molecular weight is 326 g/mol. The molecule has 0 radical (unpaired) electrons. The molecule has 2 N–H and O–H groups in total. The highest BCUT2D eigenvalue weighted by Crippen LogP contribution is 2.12. The second kappa shape index (κ2) is 8.78. The summed E-state index contributed by atoms with van der Waals surface area (Å²) in [5.41, 5.74) is 0.963. The minimum atomic E-state index is -3.81. The molecule has 0 aliphatic heterocycles. The summed E-state index contributed by atoms with van der Waals surface area (Å²) in [7, 11) is -3.81. The van der Waals surface area contributed by atoms with E-state index < -0.39 is 16.1 Å². The molecule has 1 atom stereocenters. The van der Waals surface area contributed by atoms with E-state index in [0.29, 0.717) is 12.5 Å². The van der Waals surface area contributed by atoms with Crippen LogP contribution < -0.4 is 10.0 Å². The molecule has 0 bridgehead atoms. The summed E-state index contributed by atoms with van der Waals surface area (Å²) in [4.78, 5) is 11.9. The van der Waals surface area contributed by atoms with Crippen molar-refractivity contribution in [1.82, 2.24) is 10.0 Å². The number of urea groups is 1. The van der Waals surface area contributed by atoms with Crippen molar-refractivity contribution in [2.24, 2.45) is 5.92 Å². The molecule has 0 aliphatic rings. The van der Waals surface area contributed by atoms with Gasteiger partial charge in [0.1, 0.15) is 0 Å². The first-order valence-electron chi connectivity index (χ1n) is 7.76. The van der Waals surface area contributed by atoms with Gasteiger partial charge in [0, 0.05) is 6.54 Å². The van der Waals surface area contributed by atoms with Crippen LogP contribution in [0.1, 0.15) is 45.1 Å².